The van der Waals surface area contributed by atoms with Crippen LogP contribution >= 0.6 is 0 Å². The molecular formula is C25H20O2. The van der Waals surface area contributed by atoms with Gasteiger partial charge in [0.2, 0.25) is 0 Å². The summed E-state index contributed by atoms with van der Waals surface area (Å²) < 4.78 is 6.10. The molecule has 0 amide bonds. The van der Waals surface area contributed by atoms with Crippen LogP contribution in [0.2, 0.25) is 0 Å². The van der Waals surface area contributed by atoms with Crippen LogP contribution in [0.1, 0.15) is 32.6 Å². The average Bonchev–Trinajstić information content (AvgIpc) is 2.69. The molecule has 1 aliphatic rings. The lowest BCUT2D eigenvalue weighted by atomic mass is 9.96. The molecule has 0 bridgehead atoms. The molecule has 0 aromatic heterocycles. The van der Waals surface area contributed by atoms with E-state index in [1.165, 1.54) is 5.56 Å². The van der Waals surface area contributed by atoms with Crippen molar-refractivity contribution >= 4 is 17.1 Å². The fourth-order valence-electron chi connectivity index (χ4n) is 3.08. The van der Waals surface area contributed by atoms with Crippen molar-refractivity contribution in [3.8, 4) is 5.75 Å². The molecule has 132 valence electrons. The van der Waals surface area contributed by atoms with Crippen LogP contribution in [0.15, 0.2) is 84.9 Å². The van der Waals surface area contributed by atoms with E-state index in [-0.39, 0.29) is 5.78 Å². The molecule has 27 heavy (non-hydrogen) atoms. The van der Waals surface area contributed by atoms with Gasteiger partial charge in [0, 0.05) is 16.7 Å². The van der Waals surface area contributed by atoms with Crippen molar-refractivity contribution in [1.29, 1.82) is 0 Å². The number of hydrogen-bond donors (Lipinski definition) is 0. The Morgan fingerprint density at radius 3 is 2.15 bits per heavy atom. The summed E-state index contributed by atoms with van der Waals surface area (Å²) in [4.78, 5) is 12.8. The molecule has 0 fully saturated rings. The Hall–Kier alpha value is -3.39. The first-order valence-electron chi connectivity index (χ1n) is 8.99. The molecule has 4 rings (SSSR count). The summed E-state index contributed by atoms with van der Waals surface area (Å²) in [6, 6.07) is 23.6. The number of ketones is 1. The average molecular weight is 352 g/mol. The van der Waals surface area contributed by atoms with Crippen LogP contribution in [0, 0.1) is 13.8 Å². The molecule has 0 aliphatic carbocycles. The SMILES string of the molecule is Cc1ccc(C(=O)/C=C2\C=C(c3ccc(C)cc3)Oc3ccccc32)cc1. The molecular weight excluding hydrogens is 332 g/mol. The molecule has 0 unspecified atom stereocenters. The highest BCUT2D eigenvalue weighted by molar-refractivity contribution is 6.10. The van der Waals surface area contributed by atoms with Crippen molar-refractivity contribution in [2.24, 2.45) is 0 Å². The fraction of sp³-hybridized carbons (Fsp3) is 0.0800. The van der Waals surface area contributed by atoms with Crippen LogP contribution in [0.25, 0.3) is 11.3 Å². The Morgan fingerprint density at radius 2 is 1.44 bits per heavy atom. The van der Waals surface area contributed by atoms with Gasteiger partial charge in [0.25, 0.3) is 0 Å². The van der Waals surface area contributed by atoms with Gasteiger partial charge in [0.1, 0.15) is 11.5 Å². The highest BCUT2D eigenvalue weighted by atomic mass is 16.5. The number of carbonyl (C=O) groups excluding carboxylic acids is 1. The minimum atomic E-state index is -0.0128. The van der Waals surface area contributed by atoms with Gasteiger partial charge in [-0.2, -0.15) is 0 Å². The lowest BCUT2D eigenvalue weighted by Crippen LogP contribution is -2.05. The fourth-order valence-corrected chi connectivity index (χ4v) is 3.08. The van der Waals surface area contributed by atoms with Crippen LogP contribution < -0.4 is 4.74 Å². The van der Waals surface area contributed by atoms with E-state index >= 15 is 0 Å². The van der Waals surface area contributed by atoms with Crippen LogP contribution in [0.4, 0.5) is 0 Å². The maximum atomic E-state index is 12.8. The summed E-state index contributed by atoms with van der Waals surface area (Å²) in [5.74, 6) is 1.50. The lowest BCUT2D eigenvalue weighted by Gasteiger charge is -2.20. The Bertz CT molecular complexity index is 1050. The van der Waals surface area contributed by atoms with E-state index in [4.69, 9.17) is 4.74 Å². The number of rotatable bonds is 3. The largest absolute Gasteiger partial charge is 0.456 e. The van der Waals surface area contributed by atoms with Crippen LogP contribution in [-0.2, 0) is 0 Å². The van der Waals surface area contributed by atoms with Gasteiger partial charge in [-0.3, -0.25) is 4.79 Å². The second-order valence-corrected chi connectivity index (χ2v) is 6.80. The number of hydrogen-bond acceptors (Lipinski definition) is 2. The zero-order valence-electron chi connectivity index (χ0n) is 15.4. The molecule has 2 nitrogen and oxygen atoms in total. The van der Waals surface area contributed by atoms with Gasteiger partial charge >= 0.3 is 0 Å². The highest BCUT2D eigenvalue weighted by Crippen LogP contribution is 2.37. The van der Waals surface area contributed by atoms with E-state index in [2.05, 4.69) is 19.1 Å². The van der Waals surface area contributed by atoms with E-state index in [1.54, 1.807) is 6.08 Å². The first-order chi connectivity index (χ1) is 13.1. The number of ether oxygens (including phenoxy) is 1. The smallest absolute Gasteiger partial charge is 0.186 e. The first kappa shape index (κ1) is 17.0. The van der Waals surface area contributed by atoms with Gasteiger partial charge in [-0.15, -0.1) is 0 Å². The van der Waals surface area contributed by atoms with Gasteiger partial charge in [-0.1, -0.05) is 77.9 Å². The number of benzene rings is 3. The number of para-hydroxylation sites is 1. The Kier molecular flexibility index (Phi) is 4.47. The Balaban J connectivity index is 1.77. The topological polar surface area (TPSA) is 26.3 Å². The van der Waals surface area contributed by atoms with Gasteiger partial charge < -0.3 is 4.74 Å². The predicted molar refractivity (Wildman–Crippen MR) is 110 cm³/mol. The van der Waals surface area contributed by atoms with Crippen LogP contribution in [-0.4, -0.2) is 5.78 Å². The van der Waals surface area contributed by atoms with Gasteiger partial charge in [0.05, 0.1) is 0 Å². The zero-order chi connectivity index (χ0) is 18.8. The Labute approximate surface area is 159 Å². The first-order valence-corrected chi connectivity index (χ1v) is 8.99. The summed E-state index contributed by atoms with van der Waals surface area (Å²) in [6.45, 7) is 4.07. The third kappa shape index (κ3) is 3.61. The molecule has 1 aliphatic heterocycles. The molecule has 0 radical (unpaired) electrons. The molecule has 3 aromatic carbocycles. The number of fused-ring (bicyclic) bond motifs is 1. The molecule has 0 N–H and O–H groups in total. The minimum Gasteiger partial charge on any atom is -0.456 e. The standard InChI is InChI=1S/C25H20O2/c1-17-7-11-19(12-8-17)23(26)15-21-16-25(20-13-9-18(2)10-14-20)27-24-6-4-3-5-22(21)24/h3-16H,1-2H3/b21-15+. The van der Waals surface area contributed by atoms with Crippen molar-refractivity contribution in [3.05, 3.63) is 113 Å². The molecule has 0 atom stereocenters. The van der Waals surface area contributed by atoms with Crippen LogP contribution in [0.5, 0.6) is 5.75 Å². The predicted octanol–water partition coefficient (Wildman–Crippen LogP) is 6.00. The van der Waals surface area contributed by atoms with Gasteiger partial charge in [-0.25, -0.2) is 0 Å². The normalized spacial score (nSPS) is 14.3. The van der Waals surface area contributed by atoms with Crippen molar-refractivity contribution in [2.75, 3.05) is 0 Å². The highest BCUT2D eigenvalue weighted by Gasteiger charge is 2.18. The number of carbonyl (C=O) groups is 1. The molecule has 0 saturated heterocycles. The second-order valence-electron chi connectivity index (χ2n) is 6.80. The third-order valence-electron chi connectivity index (χ3n) is 4.66. The van der Waals surface area contributed by atoms with E-state index in [1.807, 2.05) is 73.7 Å². The van der Waals surface area contributed by atoms with Gasteiger partial charge in [0.15, 0.2) is 5.78 Å². The molecule has 3 aromatic rings. The van der Waals surface area contributed by atoms with Crippen molar-refractivity contribution in [2.45, 2.75) is 13.8 Å². The molecule has 1 heterocycles. The number of allylic oxidation sites excluding steroid dienone is 3. The van der Waals surface area contributed by atoms with E-state index in [0.717, 1.165) is 33.8 Å². The van der Waals surface area contributed by atoms with Crippen molar-refractivity contribution in [1.82, 2.24) is 0 Å². The van der Waals surface area contributed by atoms with Gasteiger partial charge in [-0.05, 0) is 37.6 Å². The minimum absolute atomic E-state index is 0.0128. The lowest BCUT2D eigenvalue weighted by molar-refractivity contribution is 0.104. The summed E-state index contributed by atoms with van der Waals surface area (Å²) in [5.41, 5.74) is 5.79. The van der Waals surface area contributed by atoms with Crippen LogP contribution in [0.3, 0.4) is 0 Å². The van der Waals surface area contributed by atoms with Crippen molar-refractivity contribution < 1.29 is 9.53 Å². The molecule has 0 saturated carbocycles. The zero-order valence-corrected chi connectivity index (χ0v) is 15.4. The van der Waals surface area contributed by atoms with E-state index < -0.39 is 0 Å². The maximum Gasteiger partial charge on any atom is 0.186 e. The molecule has 2 heteroatoms. The third-order valence-corrected chi connectivity index (χ3v) is 4.66. The van der Waals surface area contributed by atoms with Crippen molar-refractivity contribution in [3.63, 3.8) is 0 Å². The maximum absolute atomic E-state index is 12.8. The summed E-state index contributed by atoms with van der Waals surface area (Å²) in [5, 5.41) is 0. The van der Waals surface area contributed by atoms with E-state index in [0.29, 0.717) is 5.56 Å². The Morgan fingerprint density at radius 1 is 0.815 bits per heavy atom. The van der Waals surface area contributed by atoms with E-state index in [9.17, 15) is 4.79 Å². The second kappa shape index (κ2) is 7.08. The number of aryl methyl sites for hydroxylation is 2. The summed E-state index contributed by atoms with van der Waals surface area (Å²) in [7, 11) is 0. The summed E-state index contributed by atoms with van der Waals surface area (Å²) >= 11 is 0. The summed E-state index contributed by atoms with van der Waals surface area (Å²) in [6.07, 6.45) is 3.64. The monoisotopic (exact) mass is 352 g/mol. The molecule has 0 spiro atoms. The quantitative estimate of drug-likeness (QED) is 0.427.